The van der Waals surface area contributed by atoms with Gasteiger partial charge in [-0.1, -0.05) is 106 Å². The zero-order chi connectivity index (χ0) is 26.6. The monoisotopic (exact) mass is 532 g/mol. The fourth-order valence-corrected chi connectivity index (χ4v) is 6.98. The van der Waals surface area contributed by atoms with Crippen LogP contribution in [0.15, 0.2) is 41.9 Å². The van der Waals surface area contributed by atoms with Gasteiger partial charge in [-0.05, 0) is 76.6 Å². The summed E-state index contributed by atoms with van der Waals surface area (Å²) < 4.78 is 0. The summed E-state index contributed by atoms with van der Waals surface area (Å²) in [4.78, 5) is 0. The van der Waals surface area contributed by atoms with Gasteiger partial charge in [-0.3, -0.25) is 0 Å². The normalized spacial score (nSPS) is 39.0. The molecule has 202 valence electrons. The minimum atomic E-state index is 0. The fraction of sp³-hybridized carbons (Fsp3) is 0.758. The molecule has 2 saturated carbocycles. The van der Waals surface area contributed by atoms with E-state index in [2.05, 4.69) is 88.3 Å². The molecule has 0 amide bonds. The zero-order valence-corrected chi connectivity index (χ0v) is 26.7. The first-order valence-electron chi connectivity index (χ1n) is 14.4. The topological polar surface area (TPSA) is 40.5 Å². The van der Waals surface area contributed by atoms with Gasteiger partial charge in [-0.25, -0.2) is 0 Å². The Morgan fingerprint density at radius 2 is 0.778 bits per heavy atom. The minimum Gasteiger partial charge on any atom is -0.509 e. The van der Waals surface area contributed by atoms with Crippen molar-refractivity contribution in [2.75, 3.05) is 0 Å². The maximum absolute atomic E-state index is 9.39. The Kier molecular flexibility index (Phi) is 13.4. The predicted octanol–water partition coefficient (Wildman–Crippen LogP) is 9.89. The number of rotatable bonds is 2. The molecule has 1 atom stereocenters. The summed E-state index contributed by atoms with van der Waals surface area (Å²) in [6.07, 6.45) is 1.20. The van der Waals surface area contributed by atoms with Crippen LogP contribution in [0.3, 0.4) is 0 Å². The third kappa shape index (κ3) is 7.66. The van der Waals surface area contributed by atoms with Crippen molar-refractivity contribution in [1.82, 2.24) is 0 Å². The van der Waals surface area contributed by atoms with E-state index in [-0.39, 0.29) is 33.2 Å². The Bertz CT molecular complexity index is 672. The number of aliphatic hydroxyl groups excluding tert-OH is 2. The molecule has 1 aromatic rings. The molecule has 1 aromatic carbocycles. The molecule has 3 aliphatic carbocycles. The van der Waals surface area contributed by atoms with Crippen LogP contribution < -0.4 is 0 Å². The van der Waals surface area contributed by atoms with Crippen molar-refractivity contribution in [1.29, 1.82) is 0 Å². The SMILES string of the molecule is CC(c1ccccc1)C1CC(O)=C(O)C1.CC1C(C)C(C)C(C)C1C.CC1C(C)C(C)C(C)C1C.[Ti+2]. The Morgan fingerprint density at radius 1 is 0.528 bits per heavy atom. The Hall–Kier alpha value is -0.726. The maximum atomic E-state index is 9.39. The van der Waals surface area contributed by atoms with Crippen LogP contribution in [0.5, 0.6) is 0 Å². The molecule has 4 rings (SSSR count). The third-order valence-corrected chi connectivity index (χ3v) is 11.6. The van der Waals surface area contributed by atoms with Crippen molar-refractivity contribution in [2.24, 2.45) is 65.1 Å². The molecule has 0 aliphatic heterocycles. The molecular formula is C33H56O2Ti+2. The van der Waals surface area contributed by atoms with Crippen LogP contribution >= 0.6 is 0 Å². The van der Waals surface area contributed by atoms with Gasteiger partial charge >= 0.3 is 21.7 Å². The number of benzene rings is 1. The van der Waals surface area contributed by atoms with E-state index in [9.17, 15) is 10.2 Å². The average Bonchev–Trinajstić information content (AvgIpc) is 3.35. The molecule has 0 saturated heterocycles. The van der Waals surface area contributed by atoms with E-state index in [1.54, 1.807) is 0 Å². The van der Waals surface area contributed by atoms with Gasteiger partial charge in [0.2, 0.25) is 0 Å². The van der Waals surface area contributed by atoms with Crippen LogP contribution in [0.4, 0.5) is 0 Å². The molecule has 0 spiro atoms. The standard InChI is InChI=1S/C13H16O2.2C10H20.Ti/c1-9(10-5-3-2-4-6-10)11-7-12(14)13(15)8-11;2*1-6-7(2)9(4)10(5)8(6)3;/h2-6,9,11,14-15H,7-8H2,1H3;2*6-10H,1-5H3;/q;;;+2. The summed E-state index contributed by atoms with van der Waals surface area (Å²) in [6, 6.07) is 10.2. The maximum Gasteiger partial charge on any atom is 2.00 e. The van der Waals surface area contributed by atoms with E-state index in [0.29, 0.717) is 24.7 Å². The minimum absolute atomic E-state index is 0. The van der Waals surface area contributed by atoms with Gasteiger partial charge in [-0.2, -0.15) is 0 Å². The Labute approximate surface area is 238 Å². The van der Waals surface area contributed by atoms with Crippen LogP contribution in [0.25, 0.3) is 0 Å². The molecule has 2 nitrogen and oxygen atoms in total. The van der Waals surface area contributed by atoms with Crippen LogP contribution in [0.1, 0.15) is 100 Å². The molecule has 1 unspecified atom stereocenters. The van der Waals surface area contributed by atoms with Crippen LogP contribution in [0, 0.1) is 65.1 Å². The van der Waals surface area contributed by atoms with Crippen molar-refractivity contribution in [3.05, 3.63) is 47.4 Å². The van der Waals surface area contributed by atoms with Crippen molar-refractivity contribution in [3.63, 3.8) is 0 Å². The number of allylic oxidation sites excluding steroid dienone is 2. The number of hydrogen-bond acceptors (Lipinski definition) is 2. The average molecular weight is 533 g/mol. The van der Waals surface area contributed by atoms with Crippen molar-refractivity contribution < 1.29 is 31.9 Å². The molecule has 2 fully saturated rings. The van der Waals surface area contributed by atoms with E-state index in [4.69, 9.17) is 0 Å². The molecule has 0 radical (unpaired) electrons. The molecule has 36 heavy (non-hydrogen) atoms. The molecular weight excluding hydrogens is 476 g/mol. The molecule has 0 heterocycles. The van der Waals surface area contributed by atoms with Gasteiger partial charge < -0.3 is 10.2 Å². The second-order valence-corrected chi connectivity index (χ2v) is 12.9. The van der Waals surface area contributed by atoms with Gasteiger partial charge in [0, 0.05) is 12.8 Å². The summed E-state index contributed by atoms with van der Waals surface area (Å²) in [5.74, 6) is 10.4. The fourth-order valence-electron chi connectivity index (χ4n) is 6.98. The van der Waals surface area contributed by atoms with E-state index >= 15 is 0 Å². The van der Waals surface area contributed by atoms with E-state index in [0.717, 1.165) is 59.2 Å². The van der Waals surface area contributed by atoms with Crippen LogP contribution in [-0.4, -0.2) is 10.2 Å². The van der Waals surface area contributed by atoms with E-state index in [1.165, 1.54) is 5.56 Å². The smallest absolute Gasteiger partial charge is 0.509 e. The Morgan fingerprint density at radius 3 is 1.03 bits per heavy atom. The first kappa shape index (κ1) is 33.3. The van der Waals surface area contributed by atoms with Gasteiger partial charge in [-0.15, -0.1) is 0 Å². The largest absolute Gasteiger partial charge is 2.00 e. The summed E-state index contributed by atoms with van der Waals surface area (Å²) in [5.41, 5.74) is 1.27. The van der Waals surface area contributed by atoms with Gasteiger partial charge in [0.1, 0.15) is 11.5 Å². The quantitative estimate of drug-likeness (QED) is 0.372. The van der Waals surface area contributed by atoms with Crippen LogP contribution in [-0.2, 0) is 21.7 Å². The summed E-state index contributed by atoms with van der Waals surface area (Å²) in [6.45, 7) is 26.1. The van der Waals surface area contributed by atoms with Crippen molar-refractivity contribution in [2.45, 2.75) is 94.9 Å². The molecule has 2 N–H and O–H groups in total. The number of aliphatic hydroxyl groups is 2. The van der Waals surface area contributed by atoms with E-state index < -0.39 is 0 Å². The van der Waals surface area contributed by atoms with Gasteiger partial charge in [0.15, 0.2) is 0 Å². The van der Waals surface area contributed by atoms with Crippen molar-refractivity contribution in [3.8, 4) is 0 Å². The van der Waals surface area contributed by atoms with Crippen LogP contribution in [0.2, 0.25) is 0 Å². The molecule has 3 aliphatic rings. The van der Waals surface area contributed by atoms with Gasteiger partial charge in [0.25, 0.3) is 0 Å². The molecule has 3 heteroatoms. The second-order valence-electron chi connectivity index (χ2n) is 12.9. The first-order chi connectivity index (χ1) is 16.3. The second kappa shape index (κ2) is 14.4. The third-order valence-electron chi connectivity index (χ3n) is 11.6. The molecule has 0 aromatic heterocycles. The van der Waals surface area contributed by atoms with Crippen molar-refractivity contribution >= 4 is 0 Å². The van der Waals surface area contributed by atoms with Gasteiger partial charge in [0.05, 0.1) is 0 Å². The zero-order valence-electron chi connectivity index (χ0n) is 25.1. The Balaban J connectivity index is 0.000000276. The van der Waals surface area contributed by atoms with E-state index in [1.807, 2.05) is 18.2 Å². The summed E-state index contributed by atoms with van der Waals surface area (Å²) in [5, 5.41) is 18.8. The number of hydrogen-bond donors (Lipinski definition) is 2. The first-order valence-corrected chi connectivity index (χ1v) is 14.4. The molecule has 0 bridgehead atoms. The predicted molar refractivity (Wildman–Crippen MR) is 152 cm³/mol. The summed E-state index contributed by atoms with van der Waals surface area (Å²) >= 11 is 0. The summed E-state index contributed by atoms with van der Waals surface area (Å²) in [7, 11) is 0.